The largest absolute Gasteiger partial charge is 0.399 e. The van der Waals surface area contributed by atoms with E-state index in [4.69, 9.17) is 12.2 Å². The molecule has 0 bridgehead atoms. The van der Waals surface area contributed by atoms with Crippen molar-refractivity contribution in [2.45, 2.75) is 6.42 Å². The maximum absolute atomic E-state index is 5.18. The van der Waals surface area contributed by atoms with Crippen molar-refractivity contribution in [3.05, 3.63) is 24.4 Å². The molecule has 0 aromatic heterocycles. The van der Waals surface area contributed by atoms with E-state index in [0.717, 1.165) is 0 Å². The summed E-state index contributed by atoms with van der Waals surface area (Å²) >= 11 is 0. The van der Waals surface area contributed by atoms with Gasteiger partial charge in [-0.05, 0) is 6.08 Å². The monoisotopic (exact) mass is 107 g/mol. The minimum Gasteiger partial charge on any atom is -0.399 e. The van der Waals surface area contributed by atoms with Crippen LogP contribution in [0.3, 0.4) is 0 Å². The van der Waals surface area contributed by atoms with Crippen LogP contribution in [0.15, 0.2) is 24.4 Å². The van der Waals surface area contributed by atoms with E-state index >= 15 is 0 Å². The Labute approximate surface area is 49.9 Å². The van der Waals surface area contributed by atoms with Crippen LogP contribution in [0.1, 0.15) is 6.42 Å². The lowest BCUT2D eigenvalue weighted by Crippen LogP contribution is -1.87. The van der Waals surface area contributed by atoms with Gasteiger partial charge < -0.3 is 5.73 Å². The Morgan fingerprint density at radius 1 is 1.88 bits per heavy atom. The summed E-state index contributed by atoms with van der Waals surface area (Å²) in [5, 5.41) is 0. The lowest BCUT2D eigenvalue weighted by molar-refractivity contribution is 1.39. The summed E-state index contributed by atoms with van der Waals surface area (Å²) < 4.78 is 0. The van der Waals surface area contributed by atoms with Crippen molar-refractivity contribution in [2.24, 2.45) is 5.73 Å². The second-order valence-corrected chi connectivity index (χ2v) is 1.39. The number of hydrogen-bond donors (Lipinski definition) is 1. The van der Waals surface area contributed by atoms with Crippen LogP contribution in [-0.4, -0.2) is 0 Å². The highest BCUT2D eigenvalue weighted by atomic mass is 14.5. The van der Waals surface area contributed by atoms with Gasteiger partial charge in [-0.1, -0.05) is 12.7 Å². The molecule has 0 aliphatic heterocycles. The summed E-state index contributed by atoms with van der Waals surface area (Å²) in [6.07, 6.45) is 9.05. The first-order valence-corrected chi connectivity index (χ1v) is 2.31. The Kier molecular flexibility index (Phi) is 3.43. The molecule has 0 radical (unpaired) electrons. The van der Waals surface area contributed by atoms with Crippen LogP contribution < -0.4 is 5.73 Å². The van der Waals surface area contributed by atoms with E-state index in [0.29, 0.717) is 12.1 Å². The highest BCUT2D eigenvalue weighted by Crippen LogP contribution is 1.83. The van der Waals surface area contributed by atoms with Crippen molar-refractivity contribution in [1.29, 1.82) is 0 Å². The van der Waals surface area contributed by atoms with Gasteiger partial charge in [-0.25, -0.2) is 0 Å². The molecule has 2 N–H and O–H groups in total. The van der Waals surface area contributed by atoms with Gasteiger partial charge >= 0.3 is 0 Å². The fourth-order valence-corrected chi connectivity index (χ4v) is 0.278. The molecular weight excluding hydrogens is 98.1 g/mol. The molecule has 0 heterocycles. The topological polar surface area (TPSA) is 26.0 Å². The third-order valence-electron chi connectivity index (χ3n) is 0.568. The van der Waals surface area contributed by atoms with Crippen molar-refractivity contribution in [2.75, 3.05) is 0 Å². The zero-order chi connectivity index (χ0) is 6.41. The third kappa shape index (κ3) is 4.84. The van der Waals surface area contributed by atoms with E-state index in [1.165, 1.54) is 0 Å². The molecule has 0 saturated carbocycles. The molecule has 42 valence electrons. The molecule has 0 unspecified atom stereocenters. The van der Waals surface area contributed by atoms with Gasteiger partial charge in [0.15, 0.2) is 0 Å². The van der Waals surface area contributed by atoms with Crippen LogP contribution in [0, 0.1) is 12.3 Å². The molecule has 8 heavy (non-hydrogen) atoms. The smallest absolute Gasteiger partial charge is 0.0270 e. The first kappa shape index (κ1) is 6.84. The number of allylic oxidation sites excluding steroid dienone is 2. The number of terminal acetylenes is 1. The molecule has 0 fully saturated rings. The predicted octanol–water partition coefficient (Wildman–Crippen LogP) is 1.04. The summed E-state index contributed by atoms with van der Waals surface area (Å²) in [5.74, 6) is 2.44. The maximum Gasteiger partial charge on any atom is 0.0270 e. The van der Waals surface area contributed by atoms with Gasteiger partial charge in [-0.15, -0.1) is 12.3 Å². The van der Waals surface area contributed by atoms with E-state index in [9.17, 15) is 0 Å². The van der Waals surface area contributed by atoms with Crippen LogP contribution in [-0.2, 0) is 0 Å². The lowest BCUT2D eigenvalue weighted by Gasteiger charge is -1.81. The van der Waals surface area contributed by atoms with Crippen molar-refractivity contribution in [3.8, 4) is 12.3 Å². The molecule has 1 heteroatoms. The van der Waals surface area contributed by atoms with E-state index in [2.05, 4.69) is 12.5 Å². The van der Waals surface area contributed by atoms with Gasteiger partial charge in [0.05, 0.1) is 0 Å². The van der Waals surface area contributed by atoms with Gasteiger partial charge in [0.25, 0.3) is 0 Å². The quantitative estimate of drug-likeness (QED) is 0.414. The van der Waals surface area contributed by atoms with Gasteiger partial charge in [0, 0.05) is 12.1 Å². The SMILES string of the molecule is C#CC/C=C\C(=C)N. The molecule has 0 spiro atoms. The third-order valence-corrected chi connectivity index (χ3v) is 0.568. The summed E-state index contributed by atoms with van der Waals surface area (Å²) in [7, 11) is 0. The van der Waals surface area contributed by atoms with Crippen molar-refractivity contribution >= 4 is 0 Å². The molecule has 0 atom stereocenters. The van der Waals surface area contributed by atoms with E-state index in [1.54, 1.807) is 12.2 Å². The number of hydrogen-bond acceptors (Lipinski definition) is 1. The highest BCUT2D eigenvalue weighted by Gasteiger charge is 1.69. The Morgan fingerprint density at radius 2 is 2.50 bits per heavy atom. The van der Waals surface area contributed by atoms with Crippen LogP contribution >= 0.6 is 0 Å². The van der Waals surface area contributed by atoms with Crippen molar-refractivity contribution in [3.63, 3.8) is 0 Å². The summed E-state index contributed by atoms with van der Waals surface area (Å²) in [6.45, 7) is 3.45. The Hall–Kier alpha value is -1.16. The van der Waals surface area contributed by atoms with Crippen molar-refractivity contribution < 1.29 is 0 Å². The Balaban J connectivity index is 3.38. The minimum absolute atomic E-state index is 0.542. The minimum atomic E-state index is 0.542. The Morgan fingerprint density at radius 3 is 2.88 bits per heavy atom. The van der Waals surface area contributed by atoms with Crippen LogP contribution in [0.5, 0.6) is 0 Å². The van der Waals surface area contributed by atoms with E-state index < -0.39 is 0 Å². The average Bonchev–Trinajstić information content (AvgIpc) is 1.66. The van der Waals surface area contributed by atoms with Crippen LogP contribution in [0.25, 0.3) is 0 Å². The van der Waals surface area contributed by atoms with Crippen LogP contribution in [0.2, 0.25) is 0 Å². The van der Waals surface area contributed by atoms with E-state index in [-0.39, 0.29) is 0 Å². The maximum atomic E-state index is 5.18. The van der Waals surface area contributed by atoms with Crippen molar-refractivity contribution in [1.82, 2.24) is 0 Å². The zero-order valence-electron chi connectivity index (χ0n) is 4.72. The number of nitrogens with two attached hydrogens (primary N) is 1. The molecule has 0 aliphatic carbocycles. The molecule has 0 amide bonds. The molecule has 0 saturated heterocycles. The molecule has 0 rings (SSSR count). The molecular formula is C7H9N. The molecule has 1 nitrogen and oxygen atoms in total. The van der Waals surface area contributed by atoms with E-state index in [1.807, 2.05) is 0 Å². The summed E-state index contributed by atoms with van der Waals surface area (Å²) in [5.41, 5.74) is 5.73. The summed E-state index contributed by atoms with van der Waals surface area (Å²) in [4.78, 5) is 0. The Bertz CT molecular complexity index is 137. The van der Waals surface area contributed by atoms with Crippen LogP contribution in [0.4, 0.5) is 0 Å². The second-order valence-electron chi connectivity index (χ2n) is 1.39. The van der Waals surface area contributed by atoms with Gasteiger partial charge in [-0.2, -0.15) is 0 Å². The standard InChI is InChI=1S/C7H9N/c1-3-4-5-6-7(2)8/h1,5-6H,2,4,8H2/b6-5-. The average molecular weight is 107 g/mol. The summed E-state index contributed by atoms with van der Waals surface area (Å²) in [6, 6.07) is 0. The fraction of sp³-hybridized carbons (Fsp3) is 0.143. The number of rotatable bonds is 2. The lowest BCUT2D eigenvalue weighted by atomic mass is 10.3. The van der Waals surface area contributed by atoms with Gasteiger partial charge in [0.2, 0.25) is 0 Å². The highest BCUT2D eigenvalue weighted by molar-refractivity contribution is 5.11. The first-order chi connectivity index (χ1) is 3.77. The zero-order valence-corrected chi connectivity index (χ0v) is 4.72. The van der Waals surface area contributed by atoms with Gasteiger partial charge in [0.1, 0.15) is 0 Å². The normalized spacial score (nSPS) is 8.88. The molecule has 0 aromatic rings. The molecule has 0 aliphatic rings. The molecule has 0 aromatic carbocycles. The predicted molar refractivity (Wildman–Crippen MR) is 35.9 cm³/mol. The fourth-order valence-electron chi connectivity index (χ4n) is 0.278. The van der Waals surface area contributed by atoms with Gasteiger partial charge in [-0.3, -0.25) is 0 Å². The second kappa shape index (κ2) is 4.01. The first-order valence-electron chi connectivity index (χ1n) is 2.31.